The standard InChI is InChI=1S/C21H20N2O4/c1-25-21(24)16-11-14-13-4-2-3-5-15(13)22-20(14)19(23-16)12-6-7-17-18(10-12)27-9-8-26-17/h2-7,11-12,17-18,22H,8-10H2,1H3. The smallest absolute Gasteiger partial charge is 0.356 e. The van der Waals surface area contributed by atoms with Gasteiger partial charge in [0.25, 0.3) is 0 Å². The minimum Gasteiger partial charge on any atom is -0.464 e. The maximum absolute atomic E-state index is 12.2. The van der Waals surface area contributed by atoms with E-state index in [0.717, 1.165) is 33.9 Å². The van der Waals surface area contributed by atoms with Crippen molar-refractivity contribution in [2.24, 2.45) is 0 Å². The van der Waals surface area contributed by atoms with Crippen LogP contribution in [0.5, 0.6) is 0 Å². The Morgan fingerprint density at radius 2 is 2.04 bits per heavy atom. The fraction of sp³-hybridized carbons (Fsp3) is 0.333. The largest absolute Gasteiger partial charge is 0.464 e. The molecule has 0 spiro atoms. The van der Waals surface area contributed by atoms with Gasteiger partial charge in [0.1, 0.15) is 11.8 Å². The molecular weight excluding hydrogens is 344 g/mol. The molecule has 0 bridgehead atoms. The van der Waals surface area contributed by atoms with Crippen molar-refractivity contribution in [3.63, 3.8) is 0 Å². The molecule has 0 saturated carbocycles. The number of carbonyl (C=O) groups excluding carboxylic acids is 1. The average molecular weight is 364 g/mol. The van der Waals surface area contributed by atoms with Gasteiger partial charge in [-0.25, -0.2) is 9.78 Å². The van der Waals surface area contributed by atoms with Crippen molar-refractivity contribution in [3.8, 4) is 0 Å². The molecule has 0 amide bonds. The second-order valence-electron chi connectivity index (χ2n) is 6.95. The average Bonchev–Trinajstić information content (AvgIpc) is 3.11. The zero-order valence-corrected chi connectivity index (χ0v) is 15.0. The molecule has 1 N–H and O–H groups in total. The molecule has 3 aromatic rings. The number of H-pyrrole nitrogens is 1. The molecule has 1 fully saturated rings. The molecule has 3 heterocycles. The zero-order valence-electron chi connectivity index (χ0n) is 15.0. The van der Waals surface area contributed by atoms with E-state index in [1.165, 1.54) is 7.11 Å². The van der Waals surface area contributed by atoms with Gasteiger partial charge in [0.15, 0.2) is 0 Å². The Morgan fingerprint density at radius 1 is 1.19 bits per heavy atom. The number of nitrogens with one attached hydrogen (secondary N) is 1. The number of methoxy groups -OCH3 is 1. The summed E-state index contributed by atoms with van der Waals surface area (Å²) in [5.41, 5.74) is 3.13. The SMILES string of the molecule is COC(=O)c1cc2c([nH]c3ccccc32)c(C2C=CC3OCCOC3C2)n1. The molecule has 1 aliphatic heterocycles. The van der Waals surface area contributed by atoms with Crippen molar-refractivity contribution in [2.75, 3.05) is 20.3 Å². The lowest BCUT2D eigenvalue weighted by molar-refractivity contribution is -0.127. The molecule has 6 heteroatoms. The number of benzene rings is 1. The maximum atomic E-state index is 12.2. The van der Waals surface area contributed by atoms with E-state index in [2.05, 4.69) is 22.1 Å². The van der Waals surface area contributed by atoms with E-state index in [-0.39, 0.29) is 18.1 Å². The number of aromatic nitrogens is 2. The molecule has 6 nitrogen and oxygen atoms in total. The van der Waals surface area contributed by atoms with Gasteiger partial charge in [-0.05, 0) is 18.6 Å². The first-order chi connectivity index (χ1) is 13.2. The second-order valence-corrected chi connectivity index (χ2v) is 6.95. The van der Waals surface area contributed by atoms with Crippen LogP contribution in [0.25, 0.3) is 21.8 Å². The zero-order chi connectivity index (χ0) is 18.4. The third-order valence-corrected chi connectivity index (χ3v) is 5.38. The van der Waals surface area contributed by atoms with E-state index in [1.54, 1.807) is 6.07 Å². The van der Waals surface area contributed by atoms with E-state index in [9.17, 15) is 4.79 Å². The van der Waals surface area contributed by atoms with E-state index < -0.39 is 5.97 Å². The first kappa shape index (κ1) is 16.5. The second kappa shape index (κ2) is 6.48. The molecule has 138 valence electrons. The van der Waals surface area contributed by atoms with Crippen LogP contribution in [0.15, 0.2) is 42.5 Å². The summed E-state index contributed by atoms with van der Waals surface area (Å²) in [5.74, 6) is -0.397. The Bertz CT molecular complexity index is 1050. The fourth-order valence-corrected chi connectivity index (χ4v) is 4.09. The van der Waals surface area contributed by atoms with Crippen molar-refractivity contribution >= 4 is 27.8 Å². The van der Waals surface area contributed by atoms with Crippen LogP contribution < -0.4 is 0 Å². The highest BCUT2D eigenvalue weighted by molar-refractivity contribution is 6.09. The van der Waals surface area contributed by atoms with E-state index in [1.807, 2.05) is 24.3 Å². The first-order valence-corrected chi connectivity index (χ1v) is 9.16. The van der Waals surface area contributed by atoms with Gasteiger partial charge in [0.05, 0.1) is 37.6 Å². The van der Waals surface area contributed by atoms with Gasteiger partial charge in [0.2, 0.25) is 0 Å². The number of hydrogen-bond acceptors (Lipinski definition) is 5. The topological polar surface area (TPSA) is 73.4 Å². The number of nitrogens with zero attached hydrogens (tertiary/aromatic N) is 1. The summed E-state index contributed by atoms with van der Waals surface area (Å²) >= 11 is 0. The van der Waals surface area contributed by atoms with Gasteiger partial charge in [-0.1, -0.05) is 30.4 Å². The van der Waals surface area contributed by atoms with Gasteiger partial charge in [-0.3, -0.25) is 0 Å². The van der Waals surface area contributed by atoms with Crippen molar-refractivity contribution in [3.05, 3.63) is 53.9 Å². The Morgan fingerprint density at radius 3 is 2.93 bits per heavy atom. The van der Waals surface area contributed by atoms with Crippen LogP contribution in [-0.2, 0) is 14.2 Å². The van der Waals surface area contributed by atoms with Crippen LogP contribution in [0.3, 0.4) is 0 Å². The molecule has 0 radical (unpaired) electrons. The van der Waals surface area contributed by atoms with E-state index in [0.29, 0.717) is 18.9 Å². The number of allylic oxidation sites excluding steroid dienone is 1. The fourth-order valence-electron chi connectivity index (χ4n) is 4.09. The monoisotopic (exact) mass is 364 g/mol. The van der Waals surface area contributed by atoms with E-state index >= 15 is 0 Å². The lowest BCUT2D eigenvalue weighted by Gasteiger charge is -2.35. The quantitative estimate of drug-likeness (QED) is 0.558. The first-order valence-electron chi connectivity index (χ1n) is 9.16. The normalized spacial score (nSPS) is 24.9. The number of esters is 1. The Kier molecular flexibility index (Phi) is 3.95. The van der Waals surface area contributed by atoms with Crippen molar-refractivity contribution in [2.45, 2.75) is 24.5 Å². The highest BCUT2D eigenvalue weighted by Crippen LogP contribution is 2.37. The molecule has 5 rings (SSSR count). The van der Waals surface area contributed by atoms with Crippen molar-refractivity contribution < 1.29 is 19.0 Å². The summed E-state index contributed by atoms with van der Waals surface area (Å²) in [4.78, 5) is 20.4. The molecule has 27 heavy (non-hydrogen) atoms. The molecule has 2 aliphatic rings. The van der Waals surface area contributed by atoms with Crippen LogP contribution in [0.1, 0.15) is 28.5 Å². The van der Waals surface area contributed by atoms with Crippen LogP contribution in [-0.4, -0.2) is 48.5 Å². The lowest BCUT2D eigenvalue weighted by Crippen LogP contribution is -2.40. The van der Waals surface area contributed by atoms with Gasteiger partial charge in [-0.2, -0.15) is 0 Å². The molecular formula is C21H20N2O4. The molecule has 1 saturated heterocycles. The summed E-state index contributed by atoms with van der Waals surface area (Å²) < 4.78 is 16.6. The van der Waals surface area contributed by atoms with Crippen molar-refractivity contribution in [1.82, 2.24) is 9.97 Å². The minimum absolute atomic E-state index is 0.00278. The Hall–Kier alpha value is -2.70. The summed E-state index contributed by atoms with van der Waals surface area (Å²) in [6, 6.07) is 9.86. The summed E-state index contributed by atoms with van der Waals surface area (Å²) in [7, 11) is 1.38. The van der Waals surface area contributed by atoms with Crippen LogP contribution in [0.4, 0.5) is 0 Å². The predicted octanol–water partition coefficient (Wildman–Crippen LogP) is 3.33. The van der Waals surface area contributed by atoms with Gasteiger partial charge >= 0.3 is 5.97 Å². The molecule has 1 aliphatic carbocycles. The van der Waals surface area contributed by atoms with Gasteiger partial charge in [-0.15, -0.1) is 0 Å². The molecule has 3 atom stereocenters. The lowest BCUT2D eigenvalue weighted by atomic mass is 9.87. The number of pyridine rings is 1. The molecule has 1 aromatic carbocycles. The Labute approximate surface area is 156 Å². The molecule has 3 unspecified atom stereocenters. The number of fused-ring (bicyclic) bond motifs is 4. The van der Waals surface area contributed by atoms with E-state index in [4.69, 9.17) is 14.2 Å². The third kappa shape index (κ3) is 2.72. The van der Waals surface area contributed by atoms with Crippen LogP contribution in [0.2, 0.25) is 0 Å². The van der Waals surface area contributed by atoms with Crippen LogP contribution in [0, 0.1) is 0 Å². The number of para-hydroxylation sites is 1. The third-order valence-electron chi connectivity index (χ3n) is 5.38. The Balaban J connectivity index is 1.69. The number of carbonyl (C=O) groups is 1. The van der Waals surface area contributed by atoms with Gasteiger partial charge in [0, 0.05) is 22.2 Å². The number of aromatic amines is 1. The minimum atomic E-state index is -0.432. The number of rotatable bonds is 2. The highest BCUT2D eigenvalue weighted by atomic mass is 16.6. The van der Waals surface area contributed by atoms with Gasteiger partial charge < -0.3 is 19.2 Å². The van der Waals surface area contributed by atoms with Crippen LogP contribution >= 0.6 is 0 Å². The predicted molar refractivity (Wildman–Crippen MR) is 101 cm³/mol. The highest BCUT2D eigenvalue weighted by Gasteiger charge is 2.33. The molecule has 2 aromatic heterocycles. The summed E-state index contributed by atoms with van der Waals surface area (Å²) in [6.45, 7) is 1.23. The summed E-state index contributed by atoms with van der Waals surface area (Å²) in [6.07, 6.45) is 4.95. The number of hydrogen-bond donors (Lipinski definition) is 1. The summed E-state index contributed by atoms with van der Waals surface area (Å²) in [5, 5.41) is 2.04. The maximum Gasteiger partial charge on any atom is 0.356 e. The van der Waals surface area contributed by atoms with Crippen molar-refractivity contribution in [1.29, 1.82) is 0 Å². The number of ether oxygens (including phenoxy) is 3.